The largest absolute Gasteiger partial charge is 0.392 e. The fraction of sp³-hybridized carbons (Fsp3) is 0.846. The third-order valence-electron chi connectivity index (χ3n) is 4.47. The number of amides is 1. The Hall–Kier alpha value is -0.680. The van der Waals surface area contributed by atoms with E-state index >= 15 is 0 Å². The van der Waals surface area contributed by atoms with Gasteiger partial charge in [0.2, 0.25) is 5.91 Å². The van der Waals surface area contributed by atoms with Crippen LogP contribution in [0.3, 0.4) is 0 Å². The van der Waals surface area contributed by atoms with Crippen molar-refractivity contribution < 1.29 is 9.53 Å². The second-order valence-corrected chi connectivity index (χ2v) is 5.95. The van der Waals surface area contributed by atoms with E-state index in [4.69, 9.17) is 22.7 Å². The summed E-state index contributed by atoms with van der Waals surface area (Å²) in [6.45, 7) is 3.19. The highest BCUT2D eigenvalue weighted by atomic mass is 32.1. The van der Waals surface area contributed by atoms with Crippen molar-refractivity contribution in [2.24, 2.45) is 17.1 Å². The Balaban J connectivity index is 2.01. The lowest BCUT2D eigenvalue weighted by molar-refractivity contribution is -0.132. The van der Waals surface area contributed by atoms with Crippen LogP contribution in [0.2, 0.25) is 0 Å². The molecular weight excluding hydrogens is 248 g/mol. The topological polar surface area (TPSA) is 64.4 Å². The van der Waals surface area contributed by atoms with Gasteiger partial charge in [0, 0.05) is 19.3 Å². The van der Waals surface area contributed by atoms with Gasteiger partial charge in [-0.3, -0.25) is 4.79 Å². The maximum atomic E-state index is 12.5. The molecule has 5 heteroatoms. The third-order valence-corrected chi connectivity index (χ3v) is 4.86. The van der Waals surface area contributed by atoms with Crippen LogP contribution in [0.25, 0.3) is 0 Å². The van der Waals surface area contributed by atoms with Crippen LogP contribution in [0, 0.1) is 11.3 Å². The van der Waals surface area contributed by atoms with Crippen LogP contribution in [0.1, 0.15) is 39.0 Å². The quantitative estimate of drug-likeness (QED) is 0.757. The highest BCUT2D eigenvalue weighted by Crippen LogP contribution is 2.33. The van der Waals surface area contributed by atoms with Crippen molar-refractivity contribution in [3.8, 4) is 0 Å². The van der Waals surface area contributed by atoms with Gasteiger partial charge < -0.3 is 15.8 Å². The molecule has 0 bridgehead atoms. The monoisotopic (exact) mass is 270 g/mol. The molecule has 1 saturated heterocycles. The molecule has 3 N–H and O–H groups in total. The van der Waals surface area contributed by atoms with Gasteiger partial charge in [0.1, 0.15) is 5.41 Å². The number of carbonyl (C=O) groups is 1. The Morgan fingerprint density at radius 3 is 2.50 bits per heavy atom. The molecule has 0 aromatic rings. The first-order valence-electron chi connectivity index (χ1n) is 6.75. The van der Waals surface area contributed by atoms with Gasteiger partial charge in [-0.15, -0.1) is 0 Å². The molecule has 4 nitrogen and oxygen atoms in total. The first-order chi connectivity index (χ1) is 8.56. The average molecular weight is 270 g/mol. The average Bonchev–Trinajstić information content (AvgIpc) is 2.27. The minimum atomic E-state index is -0.689. The first-order valence-corrected chi connectivity index (χ1v) is 7.16. The van der Waals surface area contributed by atoms with Gasteiger partial charge >= 0.3 is 0 Å². The van der Waals surface area contributed by atoms with E-state index in [1.165, 1.54) is 19.3 Å². The minimum Gasteiger partial charge on any atom is -0.392 e. The molecule has 102 valence electrons. The third kappa shape index (κ3) is 2.52. The van der Waals surface area contributed by atoms with Crippen molar-refractivity contribution in [3.63, 3.8) is 0 Å². The number of hydrogen-bond acceptors (Lipinski definition) is 3. The number of thiocarbonyl (C=S) groups is 1. The molecular formula is C13H22N2O2S. The molecule has 0 radical (unpaired) electrons. The second kappa shape index (κ2) is 5.53. The van der Waals surface area contributed by atoms with E-state index in [1.54, 1.807) is 0 Å². The molecule has 2 fully saturated rings. The molecule has 1 aliphatic carbocycles. The summed E-state index contributed by atoms with van der Waals surface area (Å²) in [7, 11) is 0. The van der Waals surface area contributed by atoms with E-state index in [-0.39, 0.29) is 11.9 Å². The molecule has 2 aliphatic rings. The molecule has 0 aromatic carbocycles. The zero-order valence-electron chi connectivity index (χ0n) is 10.9. The smallest absolute Gasteiger partial charge is 0.233 e. The highest BCUT2D eigenvalue weighted by Gasteiger charge is 2.43. The number of carbonyl (C=O) groups excluding carboxylic acids is 1. The fourth-order valence-electron chi connectivity index (χ4n) is 2.71. The van der Waals surface area contributed by atoms with E-state index in [9.17, 15) is 4.79 Å². The van der Waals surface area contributed by atoms with E-state index in [1.807, 2.05) is 0 Å². The predicted molar refractivity (Wildman–Crippen MR) is 74.2 cm³/mol. The number of hydrogen-bond donors (Lipinski definition) is 2. The summed E-state index contributed by atoms with van der Waals surface area (Å²) in [6, 6.07) is 0.223. The zero-order chi connectivity index (χ0) is 13.2. The van der Waals surface area contributed by atoms with Crippen molar-refractivity contribution in [2.75, 3.05) is 13.2 Å². The molecule has 18 heavy (non-hydrogen) atoms. The summed E-state index contributed by atoms with van der Waals surface area (Å²) in [6.07, 6.45) is 4.91. The maximum Gasteiger partial charge on any atom is 0.233 e. The van der Waals surface area contributed by atoms with Crippen molar-refractivity contribution in [1.82, 2.24) is 5.32 Å². The van der Waals surface area contributed by atoms with Gasteiger partial charge in [-0.05, 0) is 38.5 Å². The minimum absolute atomic E-state index is 0.00213. The van der Waals surface area contributed by atoms with Crippen molar-refractivity contribution in [3.05, 3.63) is 0 Å². The van der Waals surface area contributed by atoms with Crippen molar-refractivity contribution in [1.29, 1.82) is 0 Å². The number of rotatable bonds is 4. The molecule has 2 rings (SSSR count). The van der Waals surface area contributed by atoms with Crippen LogP contribution >= 0.6 is 12.2 Å². The van der Waals surface area contributed by atoms with Crippen LogP contribution in [-0.2, 0) is 9.53 Å². The Kier molecular flexibility index (Phi) is 4.22. The Labute approximate surface area is 114 Å². The van der Waals surface area contributed by atoms with Gasteiger partial charge in [0.15, 0.2) is 0 Å². The van der Waals surface area contributed by atoms with Gasteiger partial charge in [-0.25, -0.2) is 0 Å². The highest BCUT2D eigenvalue weighted by molar-refractivity contribution is 7.80. The molecule has 1 aliphatic heterocycles. The van der Waals surface area contributed by atoms with Gasteiger partial charge in [0.05, 0.1) is 4.99 Å². The summed E-state index contributed by atoms with van der Waals surface area (Å²) in [5.41, 5.74) is 5.13. The maximum absolute atomic E-state index is 12.5. The number of nitrogens with one attached hydrogen (secondary N) is 1. The zero-order valence-corrected chi connectivity index (χ0v) is 11.7. The fourth-order valence-corrected chi connectivity index (χ4v) is 3.00. The lowest BCUT2D eigenvalue weighted by atomic mass is 9.77. The van der Waals surface area contributed by atoms with Gasteiger partial charge in [0.25, 0.3) is 0 Å². The normalized spacial score (nSPS) is 24.9. The summed E-state index contributed by atoms with van der Waals surface area (Å²) >= 11 is 5.13. The van der Waals surface area contributed by atoms with Crippen molar-refractivity contribution in [2.45, 2.75) is 45.1 Å². The molecule has 1 heterocycles. The molecule has 1 unspecified atom stereocenters. The van der Waals surface area contributed by atoms with Crippen LogP contribution in [0.5, 0.6) is 0 Å². The molecule has 1 atom stereocenters. The Morgan fingerprint density at radius 2 is 2.06 bits per heavy atom. The second-order valence-electron chi connectivity index (χ2n) is 5.51. The Morgan fingerprint density at radius 1 is 1.44 bits per heavy atom. The van der Waals surface area contributed by atoms with Crippen LogP contribution in [0.15, 0.2) is 0 Å². The Bertz CT molecular complexity index is 336. The van der Waals surface area contributed by atoms with Crippen LogP contribution in [-0.4, -0.2) is 30.2 Å². The summed E-state index contributed by atoms with van der Waals surface area (Å²) in [5.74, 6) is 0.620. The lowest BCUT2D eigenvalue weighted by Gasteiger charge is -2.38. The van der Waals surface area contributed by atoms with Crippen LogP contribution < -0.4 is 11.1 Å². The lowest BCUT2D eigenvalue weighted by Crippen LogP contribution is -2.55. The standard InChI is InChI=1S/C13H22N2O2S/c1-9(10-3-2-4-10)15-12(16)13(11(14)18)5-7-17-8-6-13/h9-10H,2-8H2,1H3,(H2,14,18)(H,15,16). The van der Waals surface area contributed by atoms with Gasteiger partial charge in [-0.2, -0.15) is 0 Å². The van der Waals surface area contributed by atoms with E-state index in [0.29, 0.717) is 37.0 Å². The van der Waals surface area contributed by atoms with Crippen molar-refractivity contribution >= 4 is 23.1 Å². The van der Waals surface area contributed by atoms with Crippen LogP contribution in [0.4, 0.5) is 0 Å². The number of nitrogens with two attached hydrogens (primary N) is 1. The summed E-state index contributed by atoms with van der Waals surface area (Å²) < 4.78 is 5.31. The van der Waals surface area contributed by atoms with Gasteiger partial charge in [-0.1, -0.05) is 18.6 Å². The van der Waals surface area contributed by atoms with E-state index in [0.717, 1.165) is 0 Å². The molecule has 1 saturated carbocycles. The number of ether oxygens (including phenoxy) is 1. The first kappa shape index (κ1) is 13.7. The molecule has 0 spiro atoms. The summed E-state index contributed by atoms with van der Waals surface area (Å²) in [5, 5.41) is 3.11. The van der Waals surface area contributed by atoms with E-state index in [2.05, 4.69) is 12.2 Å². The molecule has 0 aromatic heterocycles. The summed E-state index contributed by atoms with van der Waals surface area (Å²) in [4.78, 5) is 12.8. The van der Waals surface area contributed by atoms with E-state index < -0.39 is 5.41 Å². The molecule has 1 amide bonds. The predicted octanol–water partition coefficient (Wildman–Crippen LogP) is 1.37. The SMILES string of the molecule is CC(NC(=O)C1(C(N)=S)CCOCC1)C1CCC1.